The maximum Gasteiger partial charge on any atom is 0.414 e. The maximum absolute atomic E-state index is 14.8. The van der Waals surface area contributed by atoms with Crippen LogP contribution in [-0.2, 0) is 16.1 Å². The fraction of sp³-hybridized carbons (Fsp3) is 0.250. The largest absolute Gasteiger partial charge is 0.442 e. The molecule has 2 heterocycles. The summed E-state index contributed by atoms with van der Waals surface area (Å²) in [6.45, 7) is 2.22. The Morgan fingerprint density at radius 1 is 1.29 bits per heavy atom. The molecule has 1 aliphatic heterocycles. The number of aromatic nitrogens is 4. The molecule has 1 fully saturated rings. The van der Waals surface area contributed by atoms with Crippen LogP contribution in [0.15, 0.2) is 42.5 Å². The van der Waals surface area contributed by atoms with E-state index in [2.05, 4.69) is 20.7 Å². The van der Waals surface area contributed by atoms with Crippen molar-refractivity contribution < 1.29 is 18.7 Å². The number of nitrogens with two attached hydrogens (primary N) is 1. The number of nitrogens with one attached hydrogen (secondary N) is 1. The third kappa shape index (κ3) is 4.60. The summed E-state index contributed by atoms with van der Waals surface area (Å²) in [5, 5.41) is 14.0. The number of anilines is 2. The molecule has 31 heavy (non-hydrogen) atoms. The molecule has 11 heteroatoms. The minimum Gasteiger partial charge on any atom is -0.442 e. The summed E-state index contributed by atoms with van der Waals surface area (Å²) in [4.78, 5) is 25.9. The van der Waals surface area contributed by atoms with Gasteiger partial charge in [-0.15, -0.1) is 5.10 Å². The van der Waals surface area contributed by atoms with Crippen LogP contribution in [0, 0.1) is 5.82 Å². The van der Waals surface area contributed by atoms with E-state index in [0.717, 1.165) is 5.56 Å². The Balaban J connectivity index is 1.46. The van der Waals surface area contributed by atoms with Crippen LogP contribution in [0.5, 0.6) is 0 Å². The van der Waals surface area contributed by atoms with Gasteiger partial charge in [-0.3, -0.25) is 9.69 Å². The number of halogens is 1. The van der Waals surface area contributed by atoms with Crippen molar-refractivity contribution in [1.82, 2.24) is 25.5 Å². The standard InChI is InChI=1S/C20H20FN7O3/c1-12(29)23-9-16-11-27(20(30)31-16)15-6-7-17(18(21)8-15)14-4-2-13(3-5-14)10-28-25-19(22)24-26-28/h2-8,16H,9-11H2,1H3,(H2,22,25)(H,23,29). The van der Waals surface area contributed by atoms with E-state index < -0.39 is 18.0 Å². The molecule has 0 radical (unpaired) electrons. The summed E-state index contributed by atoms with van der Waals surface area (Å²) in [6.07, 6.45) is -1.06. The number of rotatable bonds is 6. The van der Waals surface area contributed by atoms with Gasteiger partial charge in [0.15, 0.2) is 0 Å². The highest BCUT2D eigenvalue weighted by Gasteiger charge is 2.32. The molecule has 2 amide bonds. The van der Waals surface area contributed by atoms with Gasteiger partial charge in [-0.25, -0.2) is 9.18 Å². The number of carbonyl (C=O) groups is 2. The van der Waals surface area contributed by atoms with Gasteiger partial charge in [0.25, 0.3) is 5.95 Å². The summed E-state index contributed by atoms with van der Waals surface area (Å²) in [5.74, 6) is -0.575. The first kappa shape index (κ1) is 20.3. The summed E-state index contributed by atoms with van der Waals surface area (Å²) < 4.78 is 20.1. The van der Waals surface area contributed by atoms with Crippen molar-refractivity contribution in [3.8, 4) is 11.1 Å². The van der Waals surface area contributed by atoms with Crippen LogP contribution in [0.1, 0.15) is 12.5 Å². The van der Waals surface area contributed by atoms with E-state index in [-0.39, 0.29) is 24.9 Å². The molecule has 4 rings (SSSR count). The average Bonchev–Trinajstić information content (AvgIpc) is 3.32. The molecular formula is C20H20FN7O3. The summed E-state index contributed by atoms with van der Waals surface area (Å²) >= 11 is 0. The second-order valence-corrected chi connectivity index (χ2v) is 7.09. The molecule has 3 N–H and O–H groups in total. The van der Waals surface area contributed by atoms with Crippen LogP contribution in [0.3, 0.4) is 0 Å². The molecule has 3 aromatic rings. The van der Waals surface area contributed by atoms with Crippen LogP contribution in [0.4, 0.5) is 20.8 Å². The lowest BCUT2D eigenvalue weighted by atomic mass is 10.0. The predicted octanol–water partition coefficient (Wildman–Crippen LogP) is 1.57. The Kier molecular flexibility index (Phi) is 5.48. The van der Waals surface area contributed by atoms with Crippen LogP contribution in [-0.4, -0.2) is 51.4 Å². The maximum atomic E-state index is 14.8. The molecule has 0 saturated carbocycles. The van der Waals surface area contributed by atoms with Crippen LogP contribution >= 0.6 is 0 Å². The topological polar surface area (TPSA) is 128 Å². The van der Waals surface area contributed by atoms with Crippen molar-refractivity contribution in [2.45, 2.75) is 19.6 Å². The lowest BCUT2D eigenvalue weighted by molar-refractivity contribution is -0.119. The molecule has 2 aromatic carbocycles. The average molecular weight is 425 g/mol. The lowest BCUT2D eigenvalue weighted by Gasteiger charge is -2.14. The summed E-state index contributed by atoms with van der Waals surface area (Å²) in [7, 11) is 0. The zero-order valence-electron chi connectivity index (χ0n) is 16.7. The molecule has 1 unspecified atom stereocenters. The van der Waals surface area contributed by atoms with Crippen molar-refractivity contribution in [1.29, 1.82) is 0 Å². The van der Waals surface area contributed by atoms with E-state index in [1.54, 1.807) is 24.3 Å². The minimum atomic E-state index is -0.575. The van der Waals surface area contributed by atoms with Crippen molar-refractivity contribution in [2.24, 2.45) is 0 Å². The van der Waals surface area contributed by atoms with E-state index >= 15 is 0 Å². The van der Waals surface area contributed by atoms with E-state index in [1.165, 1.54) is 22.7 Å². The Labute approximate surface area is 176 Å². The van der Waals surface area contributed by atoms with Crippen molar-refractivity contribution in [3.63, 3.8) is 0 Å². The predicted molar refractivity (Wildman–Crippen MR) is 109 cm³/mol. The van der Waals surface area contributed by atoms with Crippen molar-refractivity contribution in [3.05, 3.63) is 53.8 Å². The first-order valence-electron chi connectivity index (χ1n) is 9.54. The number of hydrogen-bond acceptors (Lipinski definition) is 7. The van der Waals surface area contributed by atoms with Crippen LogP contribution < -0.4 is 16.0 Å². The Morgan fingerprint density at radius 2 is 2.06 bits per heavy atom. The number of cyclic esters (lactones) is 1. The minimum absolute atomic E-state index is 0.0992. The molecule has 1 saturated heterocycles. The molecule has 10 nitrogen and oxygen atoms in total. The monoisotopic (exact) mass is 425 g/mol. The number of tetrazole rings is 1. The van der Waals surface area contributed by atoms with E-state index in [0.29, 0.717) is 23.4 Å². The molecular weight excluding hydrogens is 405 g/mol. The Hall–Kier alpha value is -4.02. The number of hydrogen-bond donors (Lipinski definition) is 2. The number of ether oxygens (including phenoxy) is 1. The van der Waals surface area contributed by atoms with Gasteiger partial charge >= 0.3 is 6.09 Å². The molecule has 0 spiro atoms. The lowest BCUT2D eigenvalue weighted by Crippen LogP contribution is -2.33. The number of benzene rings is 2. The van der Waals surface area contributed by atoms with Crippen molar-refractivity contribution in [2.75, 3.05) is 23.7 Å². The third-order valence-corrected chi connectivity index (χ3v) is 4.77. The van der Waals surface area contributed by atoms with Crippen LogP contribution in [0.25, 0.3) is 11.1 Å². The van der Waals surface area contributed by atoms with Gasteiger partial charge in [0.05, 0.1) is 25.3 Å². The first-order chi connectivity index (χ1) is 14.9. The van der Waals surface area contributed by atoms with Gasteiger partial charge in [-0.05, 0) is 34.5 Å². The van der Waals surface area contributed by atoms with Gasteiger partial charge in [0, 0.05) is 12.5 Å². The number of amides is 2. The zero-order valence-corrected chi connectivity index (χ0v) is 16.7. The molecule has 1 atom stereocenters. The van der Waals surface area contributed by atoms with Gasteiger partial charge in [0.1, 0.15) is 11.9 Å². The molecule has 1 aromatic heterocycles. The second kappa shape index (κ2) is 8.38. The molecule has 0 bridgehead atoms. The fourth-order valence-corrected chi connectivity index (χ4v) is 3.28. The van der Waals surface area contributed by atoms with Crippen LogP contribution in [0.2, 0.25) is 0 Å². The van der Waals surface area contributed by atoms with E-state index in [9.17, 15) is 14.0 Å². The normalized spacial score (nSPS) is 15.7. The van der Waals surface area contributed by atoms with Gasteiger partial charge in [0.2, 0.25) is 5.91 Å². The smallest absolute Gasteiger partial charge is 0.414 e. The highest BCUT2D eigenvalue weighted by atomic mass is 19.1. The third-order valence-electron chi connectivity index (χ3n) is 4.77. The van der Waals surface area contributed by atoms with Gasteiger partial charge in [-0.2, -0.15) is 4.80 Å². The number of nitrogen functional groups attached to an aromatic ring is 1. The second-order valence-electron chi connectivity index (χ2n) is 7.09. The fourth-order valence-electron chi connectivity index (χ4n) is 3.28. The molecule has 1 aliphatic rings. The highest BCUT2D eigenvalue weighted by Crippen LogP contribution is 2.29. The summed E-state index contributed by atoms with van der Waals surface area (Å²) in [6, 6.07) is 11.8. The van der Waals surface area contributed by atoms with Gasteiger partial charge in [-0.1, -0.05) is 29.4 Å². The highest BCUT2D eigenvalue weighted by molar-refractivity contribution is 5.90. The Bertz CT molecular complexity index is 1120. The van der Waals surface area contributed by atoms with E-state index in [4.69, 9.17) is 10.5 Å². The number of carbonyl (C=O) groups excluding carboxylic acids is 2. The van der Waals surface area contributed by atoms with Gasteiger partial charge < -0.3 is 15.8 Å². The first-order valence-corrected chi connectivity index (χ1v) is 9.54. The Morgan fingerprint density at radius 3 is 2.71 bits per heavy atom. The van der Waals surface area contributed by atoms with Crippen molar-refractivity contribution >= 4 is 23.6 Å². The SMILES string of the molecule is CC(=O)NCC1CN(c2ccc(-c3ccc(Cn4nnc(N)n4)cc3)c(F)c2)C(=O)O1. The summed E-state index contributed by atoms with van der Waals surface area (Å²) in [5.41, 5.74) is 7.84. The zero-order chi connectivity index (χ0) is 22.0. The molecule has 160 valence electrons. The number of nitrogens with zero attached hydrogens (tertiary/aromatic N) is 5. The molecule has 0 aliphatic carbocycles. The quantitative estimate of drug-likeness (QED) is 0.613. The van der Waals surface area contributed by atoms with E-state index in [1.807, 2.05) is 12.1 Å².